The summed E-state index contributed by atoms with van der Waals surface area (Å²) in [6.45, 7) is 4.74. The summed E-state index contributed by atoms with van der Waals surface area (Å²) in [7, 11) is 0. The summed E-state index contributed by atoms with van der Waals surface area (Å²) in [6, 6.07) is 16.1. The SMILES string of the molecule is Cc1ccccc1Oc1ccccc1C.O=CC1CO1. The standard InChI is InChI=1S/C14H14O.C3H4O2/c1-11-7-3-5-9-13(11)15-14-10-6-4-8-12(14)2;4-1-3-2-5-3/h3-10H,1-2H3;1,3H,2H2. The molecule has 3 heteroatoms. The topological polar surface area (TPSA) is 38.8 Å². The Labute approximate surface area is 119 Å². The Kier molecular flexibility index (Phi) is 4.91. The molecule has 104 valence electrons. The molecule has 20 heavy (non-hydrogen) atoms. The minimum atomic E-state index is -0.0463. The van der Waals surface area contributed by atoms with Crippen molar-refractivity contribution in [3.63, 3.8) is 0 Å². The van der Waals surface area contributed by atoms with Crippen molar-refractivity contribution >= 4 is 6.29 Å². The van der Waals surface area contributed by atoms with Gasteiger partial charge >= 0.3 is 0 Å². The molecule has 0 aromatic heterocycles. The van der Waals surface area contributed by atoms with E-state index in [0.717, 1.165) is 28.9 Å². The van der Waals surface area contributed by atoms with Gasteiger partial charge < -0.3 is 14.3 Å². The summed E-state index contributed by atoms with van der Waals surface area (Å²) >= 11 is 0. The average molecular weight is 270 g/mol. The summed E-state index contributed by atoms with van der Waals surface area (Å²) in [5, 5.41) is 0. The van der Waals surface area contributed by atoms with E-state index >= 15 is 0 Å². The van der Waals surface area contributed by atoms with Crippen LogP contribution < -0.4 is 4.74 Å². The fraction of sp³-hybridized carbons (Fsp3) is 0.235. The van der Waals surface area contributed by atoms with Crippen LogP contribution in [0.3, 0.4) is 0 Å². The van der Waals surface area contributed by atoms with E-state index in [2.05, 4.69) is 4.74 Å². The van der Waals surface area contributed by atoms with Gasteiger partial charge in [-0.05, 0) is 37.1 Å². The van der Waals surface area contributed by atoms with Gasteiger partial charge in [-0.15, -0.1) is 0 Å². The van der Waals surface area contributed by atoms with E-state index in [9.17, 15) is 4.79 Å². The van der Waals surface area contributed by atoms with E-state index < -0.39 is 0 Å². The summed E-state index contributed by atoms with van der Waals surface area (Å²) in [6.07, 6.45) is 0.759. The molecule has 1 unspecified atom stereocenters. The lowest BCUT2D eigenvalue weighted by Gasteiger charge is -2.10. The van der Waals surface area contributed by atoms with Gasteiger partial charge in [-0.25, -0.2) is 0 Å². The molecular formula is C17H18O3. The van der Waals surface area contributed by atoms with E-state index in [4.69, 9.17) is 4.74 Å². The molecular weight excluding hydrogens is 252 g/mol. The molecule has 0 bridgehead atoms. The number of para-hydroxylation sites is 2. The molecule has 1 heterocycles. The number of carbonyl (C=O) groups excluding carboxylic acids is 1. The van der Waals surface area contributed by atoms with Gasteiger partial charge in [0.2, 0.25) is 0 Å². The molecule has 1 atom stereocenters. The molecule has 0 saturated carbocycles. The Balaban J connectivity index is 0.000000247. The number of ether oxygens (including phenoxy) is 2. The van der Waals surface area contributed by atoms with Crippen molar-refractivity contribution < 1.29 is 14.3 Å². The minimum Gasteiger partial charge on any atom is -0.457 e. The van der Waals surface area contributed by atoms with Gasteiger partial charge in [0.15, 0.2) is 6.29 Å². The quantitative estimate of drug-likeness (QED) is 0.631. The lowest BCUT2D eigenvalue weighted by Crippen LogP contribution is -1.88. The molecule has 3 nitrogen and oxygen atoms in total. The minimum absolute atomic E-state index is 0.0463. The number of hydrogen-bond acceptors (Lipinski definition) is 3. The van der Waals surface area contributed by atoms with Crippen LogP contribution in [-0.4, -0.2) is 19.0 Å². The molecule has 2 aromatic rings. The number of benzene rings is 2. The van der Waals surface area contributed by atoms with Crippen LogP contribution in [-0.2, 0) is 9.53 Å². The van der Waals surface area contributed by atoms with Crippen LogP contribution in [0.2, 0.25) is 0 Å². The average Bonchev–Trinajstić information content (AvgIpc) is 3.28. The van der Waals surface area contributed by atoms with Crippen LogP contribution >= 0.6 is 0 Å². The number of carbonyl (C=O) groups is 1. The van der Waals surface area contributed by atoms with Crippen molar-refractivity contribution in [1.29, 1.82) is 0 Å². The predicted octanol–water partition coefficient (Wildman–Crippen LogP) is 3.68. The summed E-state index contributed by atoms with van der Waals surface area (Å²) < 4.78 is 10.3. The monoisotopic (exact) mass is 270 g/mol. The van der Waals surface area contributed by atoms with Crippen molar-refractivity contribution in [3.8, 4) is 11.5 Å². The van der Waals surface area contributed by atoms with Crippen molar-refractivity contribution in [2.45, 2.75) is 20.0 Å². The second kappa shape index (κ2) is 6.87. The summed E-state index contributed by atoms with van der Waals surface area (Å²) in [5.74, 6) is 1.85. The number of epoxide rings is 1. The van der Waals surface area contributed by atoms with Crippen LogP contribution in [0.1, 0.15) is 11.1 Å². The highest BCUT2D eigenvalue weighted by atomic mass is 16.6. The maximum Gasteiger partial charge on any atom is 0.151 e. The molecule has 0 amide bonds. The fourth-order valence-corrected chi connectivity index (χ4v) is 1.59. The van der Waals surface area contributed by atoms with Gasteiger partial charge in [0, 0.05) is 0 Å². The van der Waals surface area contributed by atoms with Gasteiger partial charge in [0.25, 0.3) is 0 Å². The molecule has 0 spiro atoms. The third kappa shape index (κ3) is 4.21. The Morgan fingerprint density at radius 2 is 1.45 bits per heavy atom. The first-order chi connectivity index (χ1) is 9.70. The van der Waals surface area contributed by atoms with Crippen LogP contribution in [0.4, 0.5) is 0 Å². The lowest BCUT2D eigenvalue weighted by atomic mass is 10.2. The van der Waals surface area contributed by atoms with E-state index in [0.29, 0.717) is 6.61 Å². The molecule has 0 radical (unpaired) electrons. The Morgan fingerprint density at radius 1 is 1.00 bits per heavy atom. The van der Waals surface area contributed by atoms with E-state index in [1.165, 1.54) is 0 Å². The van der Waals surface area contributed by atoms with Gasteiger partial charge in [-0.2, -0.15) is 0 Å². The van der Waals surface area contributed by atoms with E-state index in [1.807, 2.05) is 62.4 Å². The van der Waals surface area contributed by atoms with Crippen LogP contribution in [0.25, 0.3) is 0 Å². The summed E-state index contributed by atoms with van der Waals surface area (Å²) in [4.78, 5) is 9.44. The first-order valence-electron chi connectivity index (χ1n) is 6.56. The van der Waals surface area contributed by atoms with Crippen molar-refractivity contribution in [3.05, 3.63) is 59.7 Å². The van der Waals surface area contributed by atoms with Crippen LogP contribution in [0.5, 0.6) is 11.5 Å². The molecule has 3 rings (SSSR count). The molecule has 1 fully saturated rings. The number of rotatable bonds is 3. The zero-order chi connectivity index (χ0) is 14.4. The second-order valence-corrected chi connectivity index (χ2v) is 4.64. The van der Waals surface area contributed by atoms with Crippen molar-refractivity contribution in [1.82, 2.24) is 0 Å². The molecule has 0 N–H and O–H groups in total. The van der Waals surface area contributed by atoms with Crippen LogP contribution in [0, 0.1) is 13.8 Å². The van der Waals surface area contributed by atoms with E-state index in [1.54, 1.807) is 0 Å². The molecule has 1 aliphatic heterocycles. The Bertz CT molecular complexity index is 530. The normalized spacial score (nSPS) is 15.8. The van der Waals surface area contributed by atoms with Crippen molar-refractivity contribution in [2.75, 3.05) is 6.61 Å². The Morgan fingerprint density at radius 3 is 1.75 bits per heavy atom. The highest BCUT2D eigenvalue weighted by Crippen LogP contribution is 2.26. The van der Waals surface area contributed by atoms with Gasteiger partial charge in [-0.3, -0.25) is 0 Å². The third-order valence-corrected chi connectivity index (χ3v) is 2.92. The molecule has 0 aliphatic carbocycles. The highest BCUT2D eigenvalue weighted by Gasteiger charge is 2.19. The van der Waals surface area contributed by atoms with Crippen LogP contribution in [0.15, 0.2) is 48.5 Å². The zero-order valence-electron chi connectivity index (χ0n) is 11.7. The smallest absolute Gasteiger partial charge is 0.151 e. The van der Waals surface area contributed by atoms with Crippen molar-refractivity contribution in [2.24, 2.45) is 0 Å². The number of aldehydes is 1. The molecule has 1 aliphatic rings. The maximum atomic E-state index is 9.44. The maximum absolute atomic E-state index is 9.44. The predicted molar refractivity (Wildman–Crippen MR) is 78.2 cm³/mol. The lowest BCUT2D eigenvalue weighted by molar-refractivity contribution is -0.108. The zero-order valence-corrected chi connectivity index (χ0v) is 11.7. The first kappa shape index (κ1) is 14.3. The summed E-state index contributed by atoms with van der Waals surface area (Å²) in [5.41, 5.74) is 2.31. The number of hydrogen-bond donors (Lipinski definition) is 0. The highest BCUT2D eigenvalue weighted by molar-refractivity contribution is 5.58. The van der Waals surface area contributed by atoms with Gasteiger partial charge in [0.1, 0.15) is 17.6 Å². The fourth-order valence-electron chi connectivity index (χ4n) is 1.59. The van der Waals surface area contributed by atoms with E-state index in [-0.39, 0.29) is 6.10 Å². The van der Waals surface area contributed by atoms with Gasteiger partial charge in [-0.1, -0.05) is 36.4 Å². The largest absolute Gasteiger partial charge is 0.457 e. The second-order valence-electron chi connectivity index (χ2n) is 4.64. The molecule has 1 saturated heterocycles. The Hall–Kier alpha value is -2.13. The third-order valence-electron chi connectivity index (χ3n) is 2.92. The first-order valence-corrected chi connectivity index (χ1v) is 6.56. The number of aryl methyl sites for hydroxylation is 2. The molecule has 2 aromatic carbocycles. The van der Waals surface area contributed by atoms with Gasteiger partial charge in [0.05, 0.1) is 6.61 Å².